The Kier molecular flexibility index (Phi) is 7.55. The summed E-state index contributed by atoms with van der Waals surface area (Å²) < 4.78 is 1.01. The first-order valence-corrected chi connectivity index (χ1v) is 8.31. The molecule has 0 fully saturated rings. The van der Waals surface area contributed by atoms with Gasteiger partial charge in [-0.1, -0.05) is 15.9 Å². The maximum Gasteiger partial charge on any atom is 0.279 e. The predicted octanol–water partition coefficient (Wildman–Crippen LogP) is 1.08. The summed E-state index contributed by atoms with van der Waals surface area (Å²) >= 11 is 3.43. The quantitative estimate of drug-likeness (QED) is 0.754. The molecule has 1 aromatic rings. The lowest BCUT2D eigenvalue weighted by Crippen LogP contribution is -3.11. The van der Waals surface area contributed by atoms with Gasteiger partial charge in [-0.2, -0.15) is 0 Å². The van der Waals surface area contributed by atoms with Crippen LogP contribution in [0.4, 0.5) is 5.69 Å². The number of nitrogens with one attached hydrogen (secondary N) is 2. The van der Waals surface area contributed by atoms with Crippen LogP contribution in [0.2, 0.25) is 0 Å². The number of benzene rings is 1. The van der Waals surface area contributed by atoms with Crippen molar-refractivity contribution in [3.63, 3.8) is 0 Å². The lowest BCUT2D eigenvalue weighted by atomic mass is 10.2. The molecular formula is C16H25BrN3O2+. The molecule has 0 spiro atoms. The number of hydrogen-bond acceptors (Lipinski definition) is 2. The zero-order valence-electron chi connectivity index (χ0n) is 13.7. The molecule has 1 unspecified atom stereocenters. The molecule has 0 aliphatic rings. The van der Waals surface area contributed by atoms with E-state index in [-0.39, 0.29) is 18.4 Å². The molecule has 0 aromatic heterocycles. The van der Waals surface area contributed by atoms with Gasteiger partial charge in [0.05, 0.1) is 7.05 Å². The molecule has 0 heterocycles. The molecule has 6 heteroatoms. The van der Waals surface area contributed by atoms with E-state index in [0.717, 1.165) is 20.6 Å². The number of carbonyl (C=O) groups is 2. The Balaban J connectivity index is 2.50. The van der Waals surface area contributed by atoms with E-state index in [4.69, 9.17) is 0 Å². The fourth-order valence-corrected chi connectivity index (χ4v) is 2.46. The molecule has 122 valence electrons. The van der Waals surface area contributed by atoms with Crippen LogP contribution in [0.1, 0.15) is 19.4 Å². The lowest BCUT2D eigenvalue weighted by molar-refractivity contribution is -0.862. The van der Waals surface area contributed by atoms with Crippen LogP contribution in [0.3, 0.4) is 0 Å². The van der Waals surface area contributed by atoms with Crippen molar-refractivity contribution >= 4 is 33.4 Å². The molecule has 1 rings (SSSR count). The number of quaternary nitrogens is 1. The van der Waals surface area contributed by atoms with E-state index in [1.54, 1.807) is 4.90 Å². The second-order valence-corrected chi connectivity index (χ2v) is 6.24. The van der Waals surface area contributed by atoms with Gasteiger partial charge in [-0.15, -0.1) is 0 Å². The van der Waals surface area contributed by atoms with Gasteiger partial charge >= 0.3 is 0 Å². The summed E-state index contributed by atoms with van der Waals surface area (Å²) in [6, 6.07) is 5.68. The van der Waals surface area contributed by atoms with E-state index in [0.29, 0.717) is 19.6 Å². The van der Waals surface area contributed by atoms with Gasteiger partial charge in [-0.3, -0.25) is 9.59 Å². The van der Waals surface area contributed by atoms with Crippen molar-refractivity contribution in [2.24, 2.45) is 0 Å². The minimum Gasteiger partial charge on any atom is -0.338 e. The van der Waals surface area contributed by atoms with Crippen molar-refractivity contribution in [2.45, 2.75) is 20.8 Å². The number of aryl methyl sites for hydroxylation is 1. The Labute approximate surface area is 140 Å². The van der Waals surface area contributed by atoms with Crippen LogP contribution < -0.4 is 10.2 Å². The highest BCUT2D eigenvalue weighted by Gasteiger charge is 2.17. The molecule has 5 nitrogen and oxygen atoms in total. The van der Waals surface area contributed by atoms with Gasteiger partial charge in [0.1, 0.15) is 0 Å². The number of likely N-dealkylation sites (N-methyl/N-ethyl adjacent to an activating group) is 2. The third-order valence-electron chi connectivity index (χ3n) is 3.47. The third-order valence-corrected chi connectivity index (χ3v) is 4.36. The van der Waals surface area contributed by atoms with Crippen molar-refractivity contribution in [3.8, 4) is 0 Å². The molecule has 0 radical (unpaired) electrons. The largest absolute Gasteiger partial charge is 0.338 e. The van der Waals surface area contributed by atoms with Gasteiger partial charge in [0.25, 0.3) is 11.8 Å². The number of rotatable bonds is 7. The highest BCUT2D eigenvalue weighted by Crippen LogP contribution is 2.19. The van der Waals surface area contributed by atoms with Gasteiger partial charge in [0.2, 0.25) is 0 Å². The number of carbonyl (C=O) groups excluding carboxylic acids is 2. The molecule has 2 N–H and O–H groups in total. The summed E-state index contributed by atoms with van der Waals surface area (Å²) in [5.41, 5.74) is 1.84. The molecule has 0 aliphatic carbocycles. The van der Waals surface area contributed by atoms with Crippen molar-refractivity contribution < 1.29 is 14.5 Å². The maximum atomic E-state index is 12.0. The van der Waals surface area contributed by atoms with Crippen molar-refractivity contribution in [1.29, 1.82) is 0 Å². The van der Waals surface area contributed by atoms with E-state index in [1.807, 2.05) is 46.0 Å². The number of hydrogen-bond donors (Lipinski definition) is 2. The number of anilines is 1. The predicted molar refractivity (Wildman–Crippen MR) is 92.1 cm³/mol. The molecule has 0 saturated heterocycles. The third kappa shape index (κ3) is 5.77. The van der Waals surface area contributed by atoms with Crippen molar-refractivity contribution in [1.82, 2.24) is 4.90 Å². The first-order chi connectivity index (χ1) is 10.4. The Hall–Kier alpha value is -1.40. The normalized spacial score (nSPS) is 11.9. The number of nitrogens with zero attached hydrogens (tertiary/aromatic N) is 1. The fourth-order valence-electron chi connectivity index (χ4n) is 2.21. The SMILES string of the molecule is CCN(CC)C(=O)C[NH+](C)CC(=O)Nc1ccc(Br)c(C)c1. The van der Waals surface area contributed by atoms with Crippen molar-refractivity contribution in [2.75, 3.05) is 38.5 Å². The Morgan fingerprint density at radius 3 is 2.41 bits per heavy atom. The summed E-state index contributed by atoms with van der Waals surface area (Å²) in [6.45, 7) is 7.88. The first-order valence-electron chi connectivity index (χ1n) is 7.52. The minimum absolute atomic E-state index is 0.0785. The maximum absolute atomic E-state index is 12.0. The lowest BCUT2D eigenvalue weighted by Gasteiger charge is -2.20. The molecule has 2 amide bonds. The van der Waals surface area contributed by atoms with E-state index in [9.17, 15) is 9.59 Å². The van der Waals surface area contributed by atoms with E-state index >= 15 is 0 Å². The van der Waals surface area contributed by atoms with Crippen LogP contribution >= 0.6 is 15.9 Å². The number of amides is 2. The highest BCUT2D eigenvalue weighted by atomic mass is 79.9. The highest BCUT2D eigenvalue weighted by molar-refractivity contribution is 9.10. The topological polar surface area (TPSA) is 53.9 Å². The second kappa shape index (κ2) is 8.90. The van der Waals surface area contributed by atoms with Crippen LogP contribution in [0.25, 0.3) is 0 Å². The van der Waals surface area contributed by atoms with Gasteiger partial charge in [-0.25, -0.2) is 0 Å². The van der Waals surface area contributed by atoms with E-state index < -0.39 is 0 Å². The molecule has 0 bridgehead atoms. The number of halogens is 1. The van der Waals surface area contributed by atoms with Crippen molar-refractivity contribution in [3.05, 3.63) is 28.2 Å². The minimum atomic E-state index is -0.0911. The zero-order chi connectivity index (χ0) is 16.7. The summed E-state index contributed by atoms with van der Waals surface area (Å²) in [4.78, 5) is 26.7. The standard InChI is InChI=1S/C16H24BrN3O2/c1-5-20(6-2)16(22)11-19(4)10-15(21)18-13-7-8-14(17)12(3)9-13/h7-9H,5-6,10-11H2,1-4H3,(H,18,21)/p+1. The van der Waals surface area contributed by atoms with Crippen LogP contribution in [-0.4, -0.2) is 49.9 Å². The smallest absolute Gasteiger partial charge is 0.279 e. The van der Waals surface area contributed by atoms with Gasteiger partial charge in [0.15, 0.2) is 13.1 Å². The summed E-state index contributed by atoms with van der Waals surface area (Å²) in [5, 5.41) is 2.87. The van der Waals surface area contributed by atoms with Crippen LogP contribution in [0.15, 0.2) is 22.7 Å². The van der Waals surface area contributed by atoms with Gasteiger partial charge in [0, 0.05) is 23.2 Å². The van der Waals surface area contributed by atoms with E-state index in [1.165, 1.54) is 0 Å². The van der Waals surface area contributed by atoms with Crippen LogP contribution in [0.5, 0.6) is 0 Å². The average molecular weight is 371 g/mol. The Bertz CT molecular complexity index is 530. The summed E-state index contributed by atoms with van der Waals surface area (Å²) in [7, 11) is 1.85. The van der Waals surface area contributed by atoms with Crippen LogP contribution in [-0.2, 0) is 9.59 Å². The molecule has 0 aliphatic heterocycles. The van der Waals surface area contributed by atoms with Gasteiger partial charge < -0.3 is 15.1 Å². The molecule has 1 aromatic carbocycles. The molecule has 22 heavy (non-hydrogen) atoms. The molecule has 1 atom stereocenters. The average Bonchev–Trinajstić information content (AvgIpc) is 2.43. The molecular weight excluding hydrogens is 346 g/mol. The first kappa shape index (κ1) is 18.6. The second-order valence-electron chi connectivity index (χ2n) is 5.39. The molecule has 0 saturated carbocycles. The fraction of sp³-hybridized carbons (Fsp3) is 0.500. The summed E-state index contributed by atoms with van der Waals surface area (Å²) in [6.07, 6.45) is 0. The summed E-state index contributed by atoms with van der Waals surface area (Å²) in [5.74, 6) is -0.0126. The monoisotopic (exact) mass is 370 g/mol. The van der Waals surface area contributed by atoms with Crippen LogP contribution in [0, 0.1) is 6.92 Å². The Morgan fingerprint density at radius 2 is 1.86 bits per heavy atom. The zero-order valence-corrected chi connectivity index (χ0v) is 15.3. The van der Waals surface area contributed by atoms with E-state index in [2.05, 4.69) is 21.2 Å². The van der Waals surface area contributed by atoms with Gasteiger partial charge in [-0.05, 0) is 44.5 Å². The Morgan fingerprint density at radius 1 is 1.23 bits per heavy atom.